The maximum absolute atomic E-state index is 8.97. The molecule has 1 aromatic heterocycles. The largest absolute Gasteiger partial charge is 0.396 e. The third-order valence-electron chi connectivity index (χ3n) is 3.92. The molecule has 0 aliphatic carbocycles. The smallest absolute Gasteiger partial charge is 0.226 e. The molecule has 7 nitrogen and oxygen atoms in total. The number of nitrogens with one attached hydrogen (secondary N) is 3. The second-order valence-electron chi connectivity index (χ2n) is 6.13. The van der Waals surface area contributed by atoms with Gasteiger partial charge >= 0.3 is 0 Å². The summed E-state index contributed by atoms with van der Waals surface area (Å²) in [6.07, 6.45) is 0.643. The van der Waals surface area contributed by atoms with Gasteiger partial charge in [0.25, 0.3) is 0 Å². The molecule has 25 heavy (non-hydrogen) atoms. The van der Waals surface area contributed by atoms with Crippen LogP contribution in [0.3, 0.4) is 0 Å². The van der Waals surface area contributed by atoms with Crippen LogP contribution in [-0.2, 0) is 0 Å². The summed E-state index contributed by atoms with van der Waals surface area (Å²) in [4.78, 5) is 11.4. The molecule has 1 aliphatic rings. The number of aromatic nitrogens is 2. The Morgan fingerprint density at radius 1 is 1.36 bits per heavy atom. The number of benzene rings is 1. The SMILES string of the molecule is CC(C)N1CNc2c(Nc3cccc(Cl)c3)nc(NCCCO)nc21. The summed E-state index contributed by atoms with van der Waals surface area (Å²) in [5.41, 5.74) is 1.74. The molecule has 0 atom stereocenters. The van der Waals surface area contributed by atoms with Crippen molar-refractivity contribution in [3.63, 3.8) is 0 Å². The van der Waals surface area contributed by atoms with Crippen molar-refractivity contribution in [2.75, 3.05) is 40.7 Å². The predicted octanol–water partition coefficient (Wildman–Crippen LogP) is 3.27. The van der Waals surface area contributed by atoms with Crippen molar-refractivity contribution in [3.8, 4) is 0 Å². The van der Waals surface area contributed by atoms with E-state index in [1.165, 1.54) is 0 Å². The second-order valence-corrected chi connectivity index (χ2v) is 6.57. The number of hydrogen-bond acceptors (Lipinski definition) is 7. The first-order valence-electron chi connectivity index (χ1n) is 8.38. The van der Waals surface area contributed by atoms with Crippen molar-refractivity contribution in [2.45, 2.75) is 26.3 Å². The molecule has 0 radical (unpaired) electrons. The molecule has 0 saturated heterocycles. The zero-order valence-corrected chi connectivity index (χ0v) is 15.1. The van der Waals surface area contributed by atoms with E-state index in [-0.39, 0.29) is 6.61 Å². The first-order chi connectivity index (χ1) is 12.1. The number of halogens is 1. The highest BCUT2D eigenvalue weighted by Gasteiger charge is 2.27. The molecule has 3 rings (SSSR count). The lowest BCUT2D eigenvalue weighted by atomic mass is 10.3. The van der Waals surface area contributed by atoms with Crippen LogP contribution >= 0.6 is 11.6 Å². The molecule has 0 fully saturated rings. The summed E-state index contributed by atoms with van der Waals surface area (Å²) < 4.78 is 0. The number of fused-ring (bicyclic) bond motifs is 1. The van der Waals surface area contributed by atoms with E-state index in [0.717, 1.165) is 17.2 Å². The minimum atomic E-state index is 0.130. The van der Waals surface area contributed by atoms with Gasteiger partial charge in [-0.2, -0.15) is 9.97 Å². The molecule has 134 valence electrons. The number of hydrogen-bond donors (Lipinski definition) is 4. The fraction of sp³-hybridized carbons (Fsp3) is 0.412. The number of aliphatic hydroxyl groups is 1. The molecule has 0 spiro atoms. The third-order valence-corrected chi connectivity index (χ3v) is 4.15. The molecule has 0 saturated carbocycles. The number of rotatable bonds is 7. The molecule has 2 aromatic rings. The van der Waals surface area contributed by atoms with Gasteiger partial charge in [-0.3, -0.25) is 0 Å². The molecule has 8 heteroatoms. The van der Waals surface area contributed by atoms with Gasteiger partial charge in [-0.05, 0) is 38.5 Å². The van der Waals surface area contributed by atoms with Gasteiger partial charge in [0.05, 0.1) is 6.67 Å². The number of aliphatic hydroxyl groups excluding tert-OH is 1. The molecule has 1 aliphatic heterocycles. The Hall–Kier alpha value is -2.25. The topological polar surface area (TPSA) is 85.3 Å². The molecule has 1 aromatic carbocycles. The average Bonchev–Trinajstić information content (AvgIpc) is 2.99. The zero-order chi connectivity index (χ0) is 17.8. The maximum Gasteiger partial charge on any atom is 0.226 e. The van der Waals surface area contributed by atoms with Crippen molar-refractivity contribution in [2.24, 2.45) is 0 Å². The number of nitrogens with zero attached hydrogens (tertiary/aromatic N) is 3. The Labute approximate surface area is 152 Å². The lowest BCUT2D eigenvalue weighted by Crippen LogP contribution is -2.30. The summed E-state index contributed by atoms with van der Waals surface area (Å²) in [5.74, 6) is 2.09. The van der Waals surface area contributed by atoms with E-state index in [1.807, 2.05) is 24.3 Å². The average molecular weight is 363 g/mol. The van der Waals surface area contributed by atoms with Gasteiger partial charge in [0.2, 0.25) is 5.95 Å². The second kappa shape index (κ2) is 7.76. The molecule has 2 heterocycles. The monoisotopic (exact) mass is 362 g/mol. The molecular formula is C17H23ClN6O. The van der Waals surface area contributed by atoms with Crippen LogP contribution in [0.25, 0.3) is 0 Å². The molecule has 0 amide bonds. The zero-order valence-electron chi connectivity index (χ0n) is 14.4. The first-order valence-corrected chi connectivity index (χ1v) is 8.76. The maximum atomic E-state index is 8.97. The lowest BCUT2D eigenvalue weighted by Gasteiger charge is -2.22. The van der Waals surface area contributed by atoms with Crippen molar-refractivity contribution in [3.05, 3.63) is 29.3 Å². The van der Waals surface area contributed by atoms with Crippen molar-refractivity contribution >= 4 is 40.6 Å². The third kappa shape index (κ3) is 4.05. The van der Waals surface area contributed by atoms with Crippen LogP contribution in [0.4, 0.5) is 29.0 Å². The highest BCUT2D eigenvalue weighted by atomic mass is 35.5. The fourth-order valence-corrected chi connectivity index (χ4v) is 2.83. The van der Waals surface area contributed by atoms with E-state index in [0.29, 0.717) is 42.5 Å². The van der Waals surface area contributed by atoms with Crippen LogP contribution in [0.5, 0.6) is 0 Å². The minimum Gasteiger partial charge on any atom is -0.396 e. The predicted molar refractivity (Wildman–Crippen MR) is 103 cm³/mol. The molecular weight excluding hydrogens is 340 g/mol. The van der Waals surface area contributed by atoms with Crippen LogP contribution in [-0.4, -0.2) is 40.9 Å². The van der Waals surface area contributed by atoms with E-state index in [9.17, 15) is 0 Å². The normalized spacial score (nSPS) is 12.9. The van der Waals surface area contributed by atoms with Crippen molar-refractivity contribution in [1.29, 1.82) is 0 Å². The molecule has 4 N–H and O–H groups in total. The van der Waals surface area contributed by atoms with E-state index >= 15 is 0 Å². The van der Waals surface area contributed by atoms with Gasteiger partial charge in [-0.1, -0.05) is 17.7 Å². The van der Waals surface area contributed by atoms with Crippen LogP contribution < -0.4 is 20.9 Å². The Morgan fingerprint density at radius 2 is 2.20 bits per heavy atom. The van der Waals surface area contributed by atoms with Gasteiger partial charge in [-0.25, -0.2) is 0 Å². The van der Waals surface area contributed by atoms with Gasteiger partial charge in [0.15, 0.2) is 11.6 Å². The lowest BCUT2D eigenvalue weighted by molar-refractivity contribution is 0.292. The highest BCUT2D eigenvalue weighted by Crippen LogP contribution is 2.38. The standard InChI is InChI=1S/C17H23ClN6O/c1-11(2)24-10-20-14-15(21-13-6-3-5-12(18)9-13)22-17(23-16(14)24)19-7-4-8-25/h3,5-6,9,11,20,25H,4,7-8,10H2,1-2H3,(H2,19,21,22,23). The van der Waals surface area contributed by atoms with Crippen LogP contribution in [0.1, 0.15) is 20.3 Å². The van der Waals surface area contributed by atoms with E-state index in [1.54, 1.807) is 0 Å². The minimum absolute atomic E-state index is 0.130. The number of anilines is 5. The van der Waals surface area contributed by atoms with E-state index in [2.05, 4.69) is 44.7 Å². The summed E-state index contributed by atoms with van der Waals surface area (Å²) in [6, 6.07) is 7.82. The van der Waals surface area contributed by atoms with E-state index in [4.69, 9.17) is 16.7 Å². The summed E-state index contributed by atoms with van der Waals surface area (Å²) >= 11 is 6.08. The van der Waals surface area contributed by atoms with Crippen LogP contribution in [0.15, 0.2) is 24.3 Å². The van der Waals surface area contributed by atoms with Gasteiger partial charge in [-0.15, -0.1) is 0 Å². The van der Waals surface area contributed by atoms with E-state index < -0.39 is 0 Å². The molecule has 0 unspecified atom stereocenters. The fourth-order valence-electron chi connectivity index (χ4n) is 2.64. The van der Waals surface area contributed by atoms with Crippen LogP contribution in [0.2, 0.25) is 5.02 Å². The Balaban J connectivity index is 1.93. The van der Waals surface area contributed by atoms with Crippen molar-refractivity contribution < 1.29 is 5.11 Å². The Bertz CT molecular complexity index is 739. The summed E-state index contributed by atoms with van der Waals surface area (Å²) in [5, 5.41) is 19.5. The van der Waals surface area contributed by atoms with Crippen molar-refractivity contribution in [1.82, 2.24) is 9.97 Å². The Kier molecular flexibility index (Phi) is 5.45. The highest BCUT2D eigenvalue weighted by molar-refractivity contribution is 6.30. The quantitative estimate of drug-likeness (QED) is 0.562. The molecule has 0 bridgehead atoms. The first kappa shape index (κ1) is 17.6. The summed E-state index contributed by atoms with van der Waals surface area (Å²) in [6.45, 7) is 5.68. The van der Waals surface area contributed by atoms with Gasteiger partial charge < -0.3 is 26.0 Å². The van der Waals surface area contributed by atoms with Gasteiger partial charge in [0.1, 0.15) is 5.69 Å². The Morgan fingerprint density at radius 3 is 2.92 bits per heavy atom. The summed E-state index contributed by atoms with van der Waals surface area (Å²) in [7, 11) is 0. The van der Waals surface area contributed by atoms with Crippen LogP contribution in [0, 0.1) is 0 Å². The van der Waals surface area contributed by atoms with Gasteiger partial charge in [0, 0.05) is 29.9 Å².